The molecule has 2 atom stereocenters. The number of benzene rings is 2. The molecule has 2 amide bonds. The van der Waals surface area contributed by atoms with Crippen LogP contribution in [-0.4, -0.2) is 63.6 Å². The molecule has 10 heteroatoms. The zero-order valence-electron chi connectivity index (χ0n) is 22.0. The molecule has 1 saturated carbocycles. The van der Waals surface area contributed by atoms with Gasteiger partial charge in [0.1, 0.15) is 11.8 Å². The van der Waals surface area contributed by atoms with Gasteiger partial charge in [0.25, 0.3) is 0 Å². The van der Waals surface area contributed by atoms with Gasteiger partial charge in [-0.3, -0.25) is 9.59 Å². The molecule has 0 aromatic heterocycles. The van der Waals surface area contributed by atoms with Crippen LogP contribution in [0.4, 0.5) is 0 Å². The van der Waals surface area contributed by atoms with Crippen LogP contribution in [0.15, 0.2) is 53.4 Å². The molecule has 9 nitrogen and oxygen atoms in total. The average molecular weight is 544 g/mol. The molecule has 2 aromatic carbocycles. The van der Waals surface area contributed by atoms with Crippen molar-refractivity contribution in [2.45, 2.75) is 75.1 Å². The standard InChI is InChI=1S/C28H37N3O6S/c1-20(28(33)29-18-25-4-3-17-37-25)31(19-22-5-12-24(36-2)13-6-22)27(32)16-9-21-7-14-26(15-8-21)38(34,35)30-23-10-11-23/h5-8,12-15,20,23,25,30H,3-4,9-11,16-19H2,1-2H3,(H,29,33)/t20-,25+/m0/s1. The highest BCUT2D eigenvalue weighted by Gasteiger charge is 2.29. The Morgan fingerprint density at radius 1 is 1.05 bits per heavy atom. The lowest BCUT2D eigenvalue weighted by Gasteiger charge is -2.29. The fourth-order valence-corrected chi connectivity index (χ4v) is 5.70. The van der Waals surface area contributed by atoms with Crippen LogP contribution in [0, 0.1) is 0 Å². The molecule has 2 N–H and O–H groups in total. The summed E-state index contributed by atoms with van der Waals surface area (Å²) in [5, 5.41) is 2.94. The van der Waals surface area contributed by atoms with E-state index in [0.717, 1.165) is 36.8 Å². The van der Waals surface area contributed by atoms with Gasteiger partial charge in [-0.2, -0.15) is 0 Å². The van der Waals surface area contributed by atoms with Crippen molar-refractivity contribution in [3.05, 3.63) is 59.7 Å². The zero-order chi connectivity index (χ0) is 27.1. The molecule has 1 heterocycles. The van der Waals surface area contributed by atoms with Crippen LogP contribution in [0.2, 0.25) is 0 Å². The first kappa shape index (κ1) is 28.1. The van der Waals surface area contributed by atoms with Gasteiger partial charge in [-0.05, 0) is 74.4 Å². The number of hydrogen-bond acceptors (Lipinski definition) is 6. The molecular weight excluding hydrogens is 506 g/mol. The highest BCUT2D eigenvalue weighted by molar-refractivity contribution is 7.89. The van der Waals surface area contributed by atoms with Crippen LogP contribution in [0.1, 0.15) is 50.2 Å². The number of carbonyl (C=O) groups is 2. The number of hydrogen-bond donors (Lipinski definition) is 2. The normalized spacial score (nSPS) is 18.1. The summed E-state index contributed by atoms with van der Waals surface area (Å²) in [4.78, 5) is 28.2. The summed E-state index contributed by atoms with van der Waals surface area (Å²) >= 11 is 0. The van der Waals surface area contributed by atoms with E-state index in [9.17, 15) is 18.0 Å². The molecule has 206 valence electrons. The lowest BCUT2D eigenvalue weighted by atomic mass is 10.1. The first-order valence-electron chi connectivity index (χ1n) is 13.2. The maximum Gasteiger partial charge on any atom is 0.242 e. The van der Waals surface area contributed by atoms with E-state index in [1.807, 2.05) is 24.3 Å². The largest absolute Gasteiger partial charge is 0.497 e. The minimum atomic E-state index is -3.52. The number of amides is 2. The number of sulfonamides is 1. The SMILES string of the molecule is COc1ccc(CN(C(=O)CCc2ccc(S(=O)(=O)NC3CC3)cc2)[C@@H](C)C(=O)NC[C@H]2CCCO2)cc1. The van der Waals surface area contributed by atoms with E-state index in [1.54, 1.807) is 43.2 Å². The number of nitrogens with one attached hydrogen (secondary N) is 2. The van der Waals surface area contributed by atoms with Crippen LogP contribution >= 0.6 is 0 Å². The minimum absolute atomic E-state index is 0.0168. The van der Waals surface area contributed by atoms with E-state index in [0.29, 0.717) is 25.3 Å². The second-order valence-corrected chi connectivity index (χ2v) is 11.7. The average Bonchev–Trinajstić information content (AvgIpc) is 3.57. The van der Waals surface area contributed by atoms with Crippen molar-refractivity contribution in [3.8, 4) is 5.75 Å². The first-order valence-corrected chi connectivity index (χ1v) is 14.7. The Morgan fingerprint density at radius 2 is 1.74 bits per heavy atom. The van der Waals surface area contributed by atoms with Crippen molar-refractivity contribution < 1.29 is 27.5 Å². The second-order valence-electron chi connectivity index (χ2n) is 9.97. The predicted octanol–water partition coefficient (Wildman–Crippen LogP) is 2.78. The lowest BCUT2D eigenvalue weighted by molar-refractivity contribution is -0.140. The number of nitrogens with zero attached hydrogens (tertiary/aromatic N) is 1. The lowest BCUT2D eigenvalue weighted by Crippen LogP contribution is -2.49. The molecule has 1 aliphatic carbocycles. The Morgan fingerprint density at radius 3 is 2.34 bits per heavy atom. The smallest absolute Gasteiger partial charge is 0.242 e. The summed E-state index contributed by atoms with van der Waals surface area (Å²) < 4.78 is 38.3. The molecular formula is C28H37N3O6S. The van der Waals surface area contributed by atoms with Crippen LogP contribution in [0.3, 0.4) is 0 Å². The minimum Gasteiger partial charge on any atom is -0.497 e. The van der Waals surface area contributed by atoms with Gasteiger partial charge in [-0.15, -0.1) is 0 Å². The Hall–Kier alpha value is -2.95. The molecule has 4 rings (SSSR count). The monoisotopic (exact) mass is 543 g/mol. The van der Waals surface area contributed by atoms with Gasteiger partial charge >= 0.3 is 0 Å². The molecule has 2 aliphatic rings. The van der Waals surface area contributed by atoms with Gasteiger partial charge in [0, 0.05) is 32.2 Å². The van der Waals surface area contributed by atoms with Crippen LogP contribution in [-0.2, 0) is 37.3 Å². The van der Waals surface area contributed by atoms with Gasteiger partial charge < -0.3 is 19.7 Å². The van der Waals surface area contributed by atoms with Gasteiger partial charge in [0.15, 0.2) is 0 Å². The number of carbonyl (C=O) groups excluding carboxylic acids is 2. The predicted molar refractivity (Wildman–Crippen MR) is 143 cm³/mol. The Bertz CT molecular complexity index is 1190. The number of ether oxygens (including phenoxy) is 2. The maximum absolute atomic E-state index is 13.4. The highest BCUT2D eigenvalue weighted by Crippen LogP contribution is 2.23. The van der Waals surface area contributed by atoms with E-state index in [2.05, 4.69) is 10.0 Å². The van der Waals surface area contributed by atoms with Gasteiger partial charge in [-0.1, -0.05) is 24.3 Å². The summed E-state index contributed by atoms with van der Waals surface area (Å²) in [6.45, 7) is 3.15. The number of rotatable bonds is 13. The van der Waals surface area contributed by atoms with Gasteiger partial charge in [-0.25, -0.2) is 13.1 Å². The first-order chi connectivity index (χ1) is 18.2. The van der Waals surface area contributed by atoms with Crippen molar-refractivity contribution in [1.29, 1.82) is 0 Å². The Balaban J connectivity index is 1.40. The topological polar surface area (TPSA) is 114 Å². The quantitative estimate of drug-likeness (QED) is 0.402. The summed E-state index contributed by atoms with van der Waals surface area (Å²) in [7, 11) is -1.92. The molecule has 0 bridgehead atoms. The van der Waals surface area contributed by atoms with E-state index >= 15 is 0 Å². The molecule has 0 spiro atoms. The molecule has 1 aliphatic heterocycles. The fourth-order valence-electron chi connectivity index (χ4n) is 4.40. The zero-order valence-corrected chi connectivity index (χ0v) is 22.8. The van der Waals surface area contributed by atoms with Gasteiger partial charge in [0.2, 0.25) is 21.8 Å². The Labute approximate surface area is 224 Å². The maximum atomic E-state index is 13.4. The third kappa shape index (κ3) is 7.78. The van der Waals surface area contributed by atoms with Crippen molar-refractivity contribution in [2.75, 3.05) is 20.3 Å². The third-order valence-electron chi connectivity index (χ3n) is 6.97. The molecule has 38 heavy (non-hydrogen) atoms. The van der Waals surface area contributed by atoms with Crippen LogP contribution in [0.25, 0.3) is 0 Å². The summed E-state index contributed by atoms with van der Waals surface area (Å²) in [5.41, 5.74) is 1.74. The highest BCUT2D eigenvalue weighted by atomic mass is 32.2. The summed E-state index contributed by atoms with van der Waals surface area (Å²) in [6.07, 6.45) is 4.28. The summed E-state index contributed by atoms with van der Waals surface area (Å²) in [6, 6.07) is 13.4. The van der Waals surface area contributed by atoms with Crippen molar-refractivity contribution in [1.82, 2.24) is 14.9 Å². The van der Waals surface area contributed by atoms with E-state index in [4.69, 9.17) is 9.47 Å². The Kier molecular flexibility index (Phi) is 9.40. The molecule has 0 radical (unpaired) electrons. The molecule has 2 aromatic rings. The summed E-state index contributed by atoms with van der Waals surface area (Å²) in [5.74, 6) is 0.333. The van der Waals surface area contributed by atoms with Crippen LogP contribution < -0.4 is 14.8 Å². The fraction of sp³-hybridized carbons (Fsp3) is 0.500. The van der Waals surface area contributed by atoms with E-state index < -0.39 is 16.1 Å². The second kappa shape index (κ2) is 12.7. The van der Waals surface area contributed by atoms with Gasteiger partial charge in [0.05, 0.1) is 18.1 Å². The van der Waals surface area contributed by atoms with E-state index in [-0.39, 0.29) is 41.8 Å². The number of aryl methyl sites for hydroxylation is 1. The van der Waals surface area contributed by atoms with E-state index in [1.165, 1.54) is 0 Å². The van der Waals surface area contributed by atoms with Crippen molar-refractivity contribution >= 4 is 21.8 Å². The molecule has 2 fully saturated rings. The third-order valence-corrected chi connectivity index (χ3v) is 8.50. The van der Waals surface area contributed by atoms with Crippen LogP contribution in [0.5, 0.6) is 5.75 Å². The van der Waals surface area contributed by atoms with Crippen molar-refractivity contribution in [3.63, 3.8) is 0 Å². The molecule has 0 unspecified atom stereocenters. The van der Waals surface area contributed by atoms with Crippen molar-refractivity contribution in [2.24, 2.45) is 0 Å². The molecule has 1 saturated heterocycles. The number of methoxy groups -OCH3 is 1.